The summed E-state index contributed by atoms with van der Waals surface area (Å²) < 4.78 is 5.86. The number of aryl methyl sites for hydroxylation is 1. The molecule has 8 heteroatoms. The second-order valence-electron chi connectivity index (χ2n) is 7.52. The van der Waals surface area contributed by atoms with Crippen molar-refractivity contribution in [2.45, 2.75) is 33.1 Å². The Morgan fingerprint density at radius 2 is 2.12 bits per heavy atom. The molecule has 4 rings (SSSR count). The van der Waals surface area contributed by atoms with E-state index in [-0.39, 0.29) is 5.91 Å². The largest absolute Gasteiger partial charge is 0.493 e. The maximum Gasteiger partial charge on any atom is 0.251 e. The van der Waals surface area contributed by atoms with Crippen molar-refractivity contribution in [1.82, 2.24) is 15.3 Å². The summed E-state index contributed by atoms with van der Waals surface area (Å²) in [7, 11) is 0. The molecule has 1 aromatic carbocycles. The van der Waals surface area contributed by atoms with E-state index in [4.69, 9.17) is 21.3 Å². The molecule has 0 fully saturated rings. The number of carbonyl (C=O) groups is 1. The number of fused-ring (bicyclic) bond motifs is 1. The first-order valence-corrected chi connectivity index (χ1v) is 11.0. The van der Waals surface area contributed by atoms with Gasteiger partial charge >= 0.3 is 0 Å². The van der Waals surface area contributed by atoms with Crippen molar-refractivity contribution in [2.24, 2.45) is 10.2 Å². The number of ether oxygens (including phenoxy) is 1. The van der Waals surface area contributed by atoms with E-state index in [0.717, 1.165) is 47.2 Å². The van der Waals surface area contributed by atoms with E-state index in [1.165, 1.54) is 0 Å². The number of halogens is 1. The monoisotopic (exact) mass is 449 g/mol. The highest BCUT2D eigenvalue weighted by Crippen LogP contribution is 2.32. The molecule has 0 spiro atoms. The molecule has 3 aromatic rings. The minimum absolute atomic E-state index is 0.133. The number of hydrogen-bond acceptors (Lipinski definition) is 6. The van der Waals surface area contributed by atoms with Gasteiger partial charge in [-0.3, -0.25) is 4.79 Å². The van der Waals surface area contributed by atoms with Crippen LogP contribution < -0.4 is 10.1 Å². The van der Waals surface area contributed by atoms with Crippen molar-refractivity contribution in [1.29, 1.82) is 0 Å². The van der Waals surface area contributed by atoms with Gasteiger partial charge in [0, 0.05) is 53.7 Å². The lowest BCUT2D eigenvalue weighted by Crippen LogP contribution is -2.24. The Hall–Kier alpha value is -3.32. The number of nitrogens with zero attached hydrogens (tertiary/aromatic N) is 4. The molecule has 1 amide bonds. The normalized spacial score (nSPS) is 12.8. The molecule has 0 bridgehead atoms. The zero-order valence-electron chi connectivity index (χ0n) is 18.1. The number of benzene rings is 1. The fourth-order valence-corrected chi connectivity index (χ4v) is 3.81. The molecule has 0 aliphatic carbocycles. The molecule has 1 N–H and O–H groups in total. The van der Waals surface area contributed by atoms with Gasteiger partial charge in [0.15, 0.2) is 0 Å². The van der Waals surface area contributed by atoms with E-state index in [9.17, 15) is 4.79 Å². The molecule has 0 radical (unpaired) electrons. The number of pyridine rings is 2. The second kappa shape index (κ2) is 9.87. The highest BCUT2D eigenvalue weighted by molar-refractivity contribution is 6.29. The molecule has 1 aliphatic rings. The number of hydrogen-bond donors (Lipinski definition) is 1. The molecule has 7 nitrogen and oxygen atoms in total. The van der Waals surface area contributed by atoms with Crippen molar-refractivity contribution in [3.05, 3.63) is 52.8 Å². The van der Waals surface area contributed by atoms with Gasteiger partial charge in [0.05, 0.1) is 17.8 Å². The summed E-state index contributed by atoms with van der Waals surface area (Å²) in [6, 6.07) is 9.18. The van der Waals surface area contributed by atoms with Gasteiger partial charge in [0.1, 0.15) is 10.9 Å². The van der Waals surface area contributed by atoms with Crippen LogP contribution in [0.25, 0.3) is 22.2 Å². The first-order chi connectivity index (χ1) is 15.5. The Bertz CT molecular complexity index is 1220. The van der Waals surface area contributed by atoms with Crippen molar-refractivity contribution < 1.29 is 9.53 Å². The molecule has 3 heterocycles. The summed E-state index contributed by atoms with van der Waals surface area (Å²) >= 11 is 6.01. The van der Waals surface area contributed by atoms with Crippen LogP contribution in [0.3, 0.4) is 0 Å². The average molecular weight is 450 g/mol. The van der Waals surface area contributed by atoms with E-state index in [1.54, 1.807) is 30.6 Å². The predicted octanol–water partition coefficient (Wildman–Crippen LogP) is 5.00. The van der Waals surface area contributed by atoms with Gasteiger partial charge in [0.25, 0.3) is 5.91 Å². The summed E-state index contributed by atoms with van der Waals surface area (Å²) in [6.45, 7) is 4.99. The molecule has 0 unspecified atom stereocenters. The first kappa shape index (κ1) is 21.9. The smallest absolute Gasteiger partial charge is 0.251 e. The Morgan fingerprint density at radius 1 is 1.25 bits per heavy atom. The van der Waals surface area contributed by atoms with Gasteiger partial charge in [-0.05, 0) is 56.5 Å². The van der Waals surface area contributed by atoms with E-state index in [0.29, 0.717) is 35.1 Å². The third-order valence-corrected chi connectivity index (χ3v) is 5.43. The van der Waals surface area contributed by atoms with Crippen LogP contribution in [0.1, 0.15) is 42.1 Å². The van der Waals surface area contributed by atoms with E-state index in [2.05, 4.69) is 20.5 Å². The van der Waals surface area contributed by atoms with E-state index in [1.807, 2.05) is 26.0 Å². The highest BCUT2D eigenvalue weighted by Gasteiger charge is 2.14. The summed E-state index contributed by atoms with van der Waals surface area (Å²) in [5.41, 5.74) is 4.84. The minimum atomic E-state index is -0.133. The Labute approximate surface area is 191 Å². The molecule has 0 atom stereocenters. The third-order valence-electron chi connectivity index (χ3n) is 5.22. The fraction of sp³-hybridized carbons (Fsp3) is 0.292. The highest BCUT2D eigenvalue weighted by atomic mass is 35.5. The summed E-state index contributed by atoms with van der Waals surface area (Å²) in [6.07, 6.45) is 5.95. The van der Waals surface area contributed by atoms with Gasteiger partial charge in [-0.15, -0.1) is 0 Å². The molecule has 1 aliphatic heterocycles. The summed E-state index contributed by atoms with van der Waals surface area (Å²) in [4.78, 5) is 21.7. The molecule has 0 saturated heterocycles. The lowest BCUT2D eigenvalue weighted by molar-refractivity contribution is 0.0953. The second-order valence-corrected chi connectivity index (χ2v) is 7.91. The van der Waals surface area contributed by atoms with E-state index >= 15 is 0 Å². The van der Waals surface area contributed by atoms with Crippen LogP contribution in [-0.2, 0) is 0 Å². The fourth-order valence-electron chi connectivity index (χ4n) is 3.60. The number of amides is 1. The average Bonchev–Trinajstić information content (AvgIpc) is 3.30. The topological polar surface area (TPSA) is 88.8 Å². The van der Waals surface area contributed by atoms with Gasteiger partial charge in [-0.2, -0.15) is 10.2 Å². The lowest BCUT2D eigenvalue weighted by Gasteiger charge is -2.13. The van der Waals surface area contributed by atoms with Gasteiger partial charge in [0.2, 0.25) is 0 Å². The van der Waals surface area contributed by atoms with Crippen molar-refractivity contribution in [2.75, 3.05) is 13.2 Å². The number of carbonyl (C=O) groups excluding carboxylic acids is 1. The summed E-state index contributed by atoms with van der Waals surface area (Å²) in [5, 5.41) is 12.2. The van der Waals surface area contributed by atoms with Crippen LogP contribution in [-0.4, -0.2) is 41.0 Å². The standard InChI is InChI=1S/C24H24ClN5O2/c1-3-32-22-13-21(19-14-27-23(25)11-15(19)2)29-20-12-16(6-7-18(20)22)24(31)26-9-4-5-17-8-10-28-30-17/h6-7,10-14H,3-5,8-9H2,1-2H3,(H,26,31). The molecular weight excluding hydrogens is 426 g/mol. The van der Waals surface area contributed by atoms with Crippen molar-refractivity contribution >= 4 is 40.3 Å². The third kappa shape index (κ3) is 4.94. The first-order valence-electron chi connectivity index (χ1n) is 10.6. The molecule has 0 saturated carbocycles. The maximum absolute atomic E-state index is 12.7. The van der Waals surface area contributed by atoms with Gasteiger partial charge in [-0.1, -0.05) is 11.6 Å². The molecular formula is C24H24ClN5O2. The zero-order valence-corrected chi connectivity index (χ0v) is 18.8. The van der Waals surface area contributed by atoms with Crippen LogP contribution in [0, 0.1) is 6.92 Å². The Morgan fingerprint density at radius 3 is 2.88 bits per heavy atom. The summed E-state index contributed by atoms with van der Waals surface area (Å²) in [5.74, 6) is 0.583. The van der Waals surface area contributed by atoms with Crippen LogP contribution in [0.15, 0.2) is 46.7 Å². The zero-order chi connectivity index (χ0) is 22.5. The van der Waals surface area contributed by atoms with Crippen molar-refractivity contribution in [3.8, 4) is 17.0 Å². The SMILES string of the molecule is CCOc1cc(-c2cnc(Cl)cc2C)nc2cc(C(=O)NCCCC3=NN=CC3)ccc12. The molecule has 32 heavy (non-hydrogen) atoms. The van der Waals surface area contributed by atoms with Crippen LogP contribution in [0.4, 0.5) is 0 Å². The predicted molar refractivity (Wildman–Crippen MR) is 128 cm³/mol. The quantitative estimate of drug-likeness (QED) is 0.387. The van der Waals surface area contributed by atoms with Crippen LogP contribution >= 0.6 is 11.6 Å². The number of nitrogens with one attached hydrogen (secondary N) is 1. The number of aromatic nitrogens is 2. The Kier molecular flexibility index (Phi) is 6.75. The van der Waals surface area contributed by atoms with Crippen LogP contribution in [0.2, 0.25) is 5.15 Å². The van der Waals surface area contributed by atoms with Gasteiger partial charge < -0.3 is 10.1 Å². The van der Waals surface area contributed by atoms with E-state index < -0.39 is 0 Å². The lowest BCUT2D eigenvalue weighted by atomic mass is 10.0. The van der Waals surface area contributed by atoms with Crippen LogP contribution in [0.5, 0.6) is 5.75 Å². The van der Waals surface area contributed by atoms with Crippen molar-refractivity contribution in [3.63, 3.8) is 0 Å². The maximum atomic E-state index is 12.7. The minimum Gasteiger partial charge on any atom is -0.493 e. The Balaban J connectivity index is 1.57. The molecule has 2 aromatic heterocycles. The molecule has 164 valence electrons. The number of rotatable bonds is 8. The van der Waals surface area contributed by atoms with Gasteiger partial charge in [-0.25, -0.2) is 9.97 Å².